The summed E-state index contributed by atoms with van der Waals surface area (Å²) in [6.45, 7) is 2.49. The van der Waals surface area contributed by atoms with Crippen LogP contribution in [0.4, 0.5) is 5.69 Å². The summed E-state index contributed by atoms with van der Waals surface area (Å²) in [5.41, 5.74) is 4.16. The molecule has 0 radical (unpaired) electrons. The molecule has 0 saturated carbocycles. The molecule has 6 nitrogen and oxygen atoms in total. The molecule has 0 bridgehead atoms. The third-order valence-electron chi connectivity index (χ3n) is 5.43. The number of pyridine rings is 1. The van der Waals surface area contributed by atoms with E-state index >= 15 is 0 Å². The molecule has 0 saturated heterocycles. The number of aromatic nitrogens is 1. The van der Waals surface area contributed by atoms with Crippen LogP contribution in [0.1, 0.15) is 12.5 Å². The van der Waals surface area contributed by atoms with Crippen molar-refractivity contribution in [2.75, 3.05) is 24.8 Å². The lowest BCUT2D eigenvalue weighted by molar-refractivity contribution is -0.113. The third kappa shape index (κ3) is 6.62. The van der Waals surface area contributed by atoms with Crippen molar-refractivity contribution in [1.29, 1.82) is 5.26 Å². The van der Waals surface area contributed by atoms with Crippen LogP contribution in [0.3, 0.4) is 0 Å². The predicted octanol–water partition coefficient (Wildman–Crippen LogP) is 7.08. The Kier molecular flexibility index (Phi) is 8.68. The van der Waals surface area contributed by atoms with Gasteiger partial charge in [0, 0.05) is 21.8 Å². The molecule has 4 rings (SSSR count). The van der Waals surface area contributed by atoms with E-state index in [9.17, 15) is 10.1 Å². The second-order valence-electron chi connectivity index (χ2n) is 7.88. The van der Waals surface area contributed by atoms with Crippen LogP contribution in [-0.2, 0) is 4.79 Å². The highest BCUT2D eigenvalue weighted by Crippen LogP contribution is 2.35. The molecule has 4 aromatic rings. The van der Waals surface area contributed by atoms with Crippen molar-refractivity contribution in [1.82, 2.24) is 4.98 Å². The number of carbonyl (C=O) groups excluding carboxylic acids is 1. The van der Waals surface area contributed by atoms with Gasteiger partial charge in [0.05, 0.1) is 30.7 Å². The van der Waals surface area contributed by atoms with E-state index in [1.165, 1.54) is 11.8 Å². The molecule has 1 aromatic heterocycles. The minimum absolute atomic E-state index is 0.0843. The van der Waals surface area contributed by atoms with Gasteiger partial charge in [0.2, 0.25) is 5.91 Å². The fraction of sp³-hybridized carbons (Fsp3) is 0.138. The normalized spacial score (nSPS) is 10.4. The molecule has 1 amide bonds. The molecule has 0 fully saturated rings. The predicted molar refractivity (Wildman–Crippen MR) is 148 cm³/mol. The molecule has 0 aliphatic heterocycles. The number of hydrogen-bond donors (Lipinski definition) is 1. The molecule has 186 valence electrons. The average Bonchev–Trinajstić information content (AvgIpc) is 2.93. The molecule has 0 unspecified atom stereocenters. The first kappa shape index (κ1) is 26.1. The van der Waals surface area contributed by atoms with Crippen molar-refractivity contribution >= 4 is 35.0 Å². The highest BCUT2D eigenvalue weighted by Gasteiger charge is 2.17. The van der Waals surface area contributed by atoms with Gasteiger partial charge in [0.1, 0.15) is 22.6 Å². The van der Waals surface area contributed by atoms with Crippen molar-refractivity contribution in [3.05, 3.63) is 89.4 Å². The van der Waals surface area contributed by atoms with Gasteiger partial charge in [-0.25, -0.2) is 4.98 Å². The number of thioether (sulfide) groups is 1. The van der Waals surface area contributed by atoms with E-state index in [4.69, 9.17) is 26.1 Å². The van der Waals surface area contributed by atoms with E-state index in [-0.39, 0.29) is 11.7 Å². The lowest BCUT2D eigenvalue weighted by Crippen LogP contribution is -2.14. The number of carbonyl (C=O) groups is 1. The zero-order valence-electron chi connectivity index (χ0n) is 20.3. The minimum Gasteiger partial charge on any atom is -0.497 e. The second kappa shape index (κ2) is 12.3. The highest BCUT2D eigenvalue weighted by molar-refractivity contribution is 8.00. The first-order valence-electron chi connectivity index (χ1n) is 11.5. The number of anilines is 1. The van der Waals surface area contributed by atoms with Crippen LogP contribution in [-0.4, -0.2) is 30.4 Å². The SMILES string of the molecule is CCOc1ccc(NC(=O)CSc2nc(-c3ccc(OC)cc3)cc(-c3ccc(Cl)cc3)c2C#N)cc1. The number of benzene rings is 3. The van der Waals surface area contributed by atoms with Crippen LogP contribution < -0.4 is 14.8 Å². The lowest BCUT2D eigenvalue weighted by Gasteiger charge is -2.13. The van der Waals surface area contributed by atoms with Crippen LogP contribution in [0.15, 0.2) is 83.9 Å². The Morgan fingerprint density at radius 1 is 1.00 bits per heavy atom. The van der Waals surface area contributed by atoms with Crippen LogP contribution in [0.25, 0.3) is 22.4 Å². The summed E-state index contributed by atoms with van der Waals surface area (Å²) in [4.78, 5) is 17.5. The lowest BCUT2D eigenvalue weighted by atomic mass is 9.99. The Balaban J connectivity index is 1.63. The number of hydrogen-bond acceptors (Lipinski definition) is 6. The van der Waals surface area contributed by atoms with Crippen LogP contribution in [0.5, 0.6) is 11.5 Å². The van der Waals surface area contributed by atoms with Crippen LogP contribution >= 0.6 is 23.4 Å². The molecular formula is C29H24ClN3O3S. The van der Waals surface area contributed by atoms with Gasteiger partial charge in [-0.05, 0) is 79.2 Å². The van der Waals surface area contributed by atoms with E-state index in [1.54, 1.807) is 43.5 Å². The van der Waals surface area contributed by atoms with Gasteiger partial charge in [-0.3, -0.25) is 4.79 Å². The van der Waals surface area contributed by atoms with E-state index in [1.807, 2.05) is 49.4 Å². The quantitative estimate of drug-likeness (QED) is 0.233. The smallest absolute Gasteiger partial charge is 0.234 e. The van der Waals surface area contributed by atoms with Gasteiger partial charge in [0.25, 0.3) is 0 Å². The molecule has 8 heteroatoms. The summed E-state index contributed by atoms with van der Waals surface area (Å²) in [6.07, 6.45) is 0. The van der Waals surface area contributed by atoms with Crippen LogP contribution in [0.2, 0.25) is 5.02 Å². The largest absolute Gasteiger partial charge is 0.497 e. The number of halogens is 1. The number of rotatable bonds is 9. The molecule has 1 heterocycles. The van der Waals surface area contributed by atoms with E-state index < -0.39 is 0 Å². The molecule has 0 aliphatic rings. The molecule has 0 atom stereocenters. The number of nitrogens with one attached hydrogen (secondary N) is 1. The molecule has 0 aliphatic carbocycles. The summed E-state index contributed by atoms with van der Waals surface area (Å²) in [5, 5.41) is 14.0. The van der Waals surface area contributed by atoms with Gasteiger partial charge in [-0.2, -0.15) is 5.26 Å². The summed E-state index contributed by atoms with van der Waals surface area (Å²) < 4.78 is 10.7. The zero-order chi connectivity index (χ0) is 26.2. The van der Waals surface area contributed by atoms with Gasteiger partial charge in [-0.15, -0.1) is 0 Å². The van der Waals surface area contributed by atoms with Gasteiger partial charge in [-0.1, -0.05) is 35.5 Å². The molecule has 1 N–H and O–H groups in total. The number of nitriles is 1. The van der Waals surface area contributed by atoms with Crippen LogP contribution in [0, 0.1) is 11.3 Å². The Bertz CT molecular complexity index is 1420. The summed E-state index contributed by atoms with van der Waals surface area (Å²) in [5.74, 6) is 1.35. The van der Waals surface area contributed by atoms with E-state index in [0.29, 0.717) is 33.6 Å². The Hall–Kier alpha value is -3.99. The average molecular weight is 530 g/mol. The fourth-order valence-corrected chi connectivity index (χ4v) is 4.56. The monoisotopic (exact) mass is 529 g/mol. The van der Waals surface area contributed by atoms with E-state index in [0.717, 1.165) is 28.2 Å². The standard InChI is InChI=1S/C29H24ClN3O3S/c1-3-36-24-14-10-22(11-15-24)32-28(34)18-37-29-26(17-31)25(19-4-8-21(30)9-5-19)16-27(33-29)20-6-12-23(35-2)13-7-20/h4-16H,3,18H2,1-2H3,(H,32,34). The first-order valence-corrected chi connectivity index (χ1v) is 12.9. The highest BCUT2D eigenvalue weighted by atomic mass is 35.5. The summed E-state index contributed by atoms with van der Waals surface area (Å²) in [6, 6.07) is 26.2. The number of amides is 1. The number of nitrogens with zero attached hydrogens (tertiary/aromatic N) is 2. The topological polar surface area (TPSA) is 84.2 Å². The fourth-order valence-electron chi connectivity index (χ4n) is 3.63. The Labute approximate surface area is 225 Å². The maximum absolute atomic E-state index is 12.7. The zero-order valence-corrected chi connectivity index (χ0v) is 21.9. The maximum Gasteiger partial charge on any atom is 0.234 e. The third-order valence-corrected chi connectivity index (χ3v) is 6.66. The Morgan fingerprint density at radius 3 is 2.27 bits per heavy atom. The number of ether oxygens (including phenoxy) is 2. The summed E-state index contributed by atoms with van der Waals surface area (Å²) in [7, 11) is 1.61. The Morgan fingerprint density at radius 2 is 1.65 bits per heavy atom. The van der Waals surface area contributed by atoms with Gasteiger partial charge < -0.3 is 14.8 Å². The van der Waals surface area contributed by atoms with Gasteiger partial charge in [0.15, 0.2) is 0 Å². The van der Waals surface area contributed by atoms with Crippen molar-refractivity contribution in [3.63, 3.8) is 0 Å². The number of methoxy groups -OCH3 is 1. The van der Waals surface area contributed by atoms with Crippen molar-refractivity contribution in [2.24, 2.45) is 0 Å². The molecule has 3 aromatic carbocycles. The van der Waals surface area contributed by atoms with Gasteiger partial charge >= 0.3 is 0 Å². The van der Waals surface area contributed by atoms with E-state index in [2.05, 4.69) is 11.4 Å². The second-order valence-corrected chi connectivity index (χ2v) is 9.28. The molecule has 0 spiro atoms. The summed E-state index contributed by atoms with van der Waals surface area (Å²) >= 11 is 7.31. The van der Waals surface area contributed by atoms with Crippen molar-refractivity contribution < 1.29 is 14.3 Å². The maximum atomic E-state index is 12.7. The van der Waals surface area contributed by atoms with Crippen molar-refractivity contribution in [2.45, 2.75) is 11.9 Å². The molecule has 37 heavy (non-hydrogen) atoms. The van der Waals surface area contributed by atoms with Crippen molar-refractivity contribution in [3.8, 4) is 40.0 Å². The first-order chi connectivity index (χ1) is 18.0. The minimum atomic E-state index is -0.206. The molecular weight excluding hydrogens is 506 g/mol.